The topological polar surface area (TPSA) is 29.5 Å². The van der Waals surface area contributed by atoms with Crippen LogP contribution in [-0.4, -0.2) is 30.3 Å². The third-order valence-electron chi connectivity index (χ3n) is 2.58. The van der Waals surface area contributed by atoms with E-state index in [2.05, 4.69) is 0 Å². The molecule has 0 bridgehead atoms. The fourth-order valence-electron chi connectivity index (χ4n) is 1.57. The zero-order chi connectivity index (χ0) is 12.7. The maximum absolute atomic E-state index is 11.7. The van der Waals surface area contributed by atoms with Gasteiger partial charge < -0.3 is 9.64 Å². The van der Waals surface area contributed by atoms with Crippen LogP contribution in [-0.2, 0) is 11.3 Å². The second-order valence-electron chi connectivity index (χ2n) is 3.69. The van der Waals surface area contributed by atoms with Crippen LogP contribution in [0.15, 0.2) is 24.3 Å². The van der Waals surface area contributed by atoms with Crippen molar-refractivity contribution in [3.05, 3.63) is 29.8 Å². The molecule has 1 rings (SSSR count). The Kier molecular flexibility index (Phi) is 5.84. The second-order valence-corrected chi connectivity index (χ2v) is 4.07. The van der Waals surface area contributed by atoms with E-state index in [9.17, 15) is 4.79 Å². The highest BCUT2D eigenvalue weighted by atomic mass is 35.5. The maximum atomic E-state index is 11.7. The lowest BCUT2D eigenvalue weighted by molar-refractivity contribution is -0.131. The highest BCUT2D eigenvalue weighted by molar-refractivity contribution is 6.18. The minimum Gasteiger partial charge on any atom is -0.497 e. The van der Waals surface area contributed by atoms with Crippen molar-refractivity contribution in [3.63, 3.8) is 0 Å². The summed E-state index contributed by atoms with van der Waals surface area (Å²) in [5, 5.41) is 0. The Morgan fingerprint density at radius 2 is 2.00 bits per heavy atom. The molecule has 1 amide bonds. The number of rotatable bonds is 6. The number of halogens is 1. The summed E-state index contributed by atoms with van der Waals surface area (Å²) < 4.78 is 5.09. The Bertz CT molecular complexity index is 351. The van der Waals surface area contributed by atoms with Crippen LogP contribution in [0.1, 0.15) is 18.9 Å². The molecule has 3 nitrogen and oxygen atoms in total. The van der Waals surface area contributed by atoms with Gasteiger partial charge in [-0.05, 0) is 24.6 Å². The van der Waals surface area contributed by atoms with Gasteiger partial charge in [0.2, 0.25) is 5.91 Å². The van der Waals surface area contributed by atoms with Crippen molar-refractivity contribution >= 4 is 17.5 Å². The van der Waals surface area contributed by atoms with Gasteiger partial charge >= 0.3 is 0 Å². The molecule has 0 aliphatic heterocycles. The van der Waals surface area contributed by atoms with Crippen LogP contribution in [0.5, 0.6) is 5.75 Å². The molecule has 0 radical (unpaired) electrons. The largest absolute Gasteiger partial charge is 0.497 e. The van der Waals surface area contributed by atoms with Gasteiger partial charge in [-0.25, -0.2) is 0 Å². The Morgan fingerprint density at radius 3 is 2.47 bits per heavy atom. The smallest absolute Gasteiger partial charge is 0.224 e. The summed E-state index contributed by atoms with van der Waals surface area (Å²) in [6.45, 7) is 3.29. The third kappa shape index (κ3) is 4.27. The van der Waals surface area contributed by atoms with Crippen molar-refractivity contribution in [1.82, 2.24) is 4.90 Å². The summed E-state index contributed by atoms with van der Waals surface area (Å²) in [6, 6.07) is 7.73. The number of carbonyl (C=O) groups is 1. The summed E-state index contributed by atoms with van der Waals surface area (Å²) in [4.78, 5) is 13.5. The van der Waals surface area contributed by atoms with Crippen molar-refractivity contribution in [2.24, 2.45) is 0 Å². The van der Waals surface area contributed by atoms with E-state index in [1.54, 1.807) is 12.0 Å². The van der Waals surface area contributed by atoms with Crippen molar-refractivity contribution in [2.75, 3.05) is 19.5 Å². The van der Waals surface area contributed by atoms with Crippen molar-refractivity contribution < 1.29 is 9.53 Å². The van der Waals surface area contributed by atoms with E-state index in [1.807, 2.05) is 31.2 Å². The summed E-state index contributed by atoms with van der Waals surface area (Å²) in [6.07, 6.45) is 0.394. The Morgan fingerprint density at radius 1 is 1.35 bits per heavy atom. The number of carbonyl (C=O) groups excluding carboxylic acids is 1. The minimum absolute atomic E-state index is 0.0957. The number of amides is 1. The molecule has 0 aromatic heterocycles. The van der Waals surface area contributed by atoms with Gasteiger partial charge in [-0.2, -0.15) is 0 Å². The predicted octanol–water partition coefficient (Wildman–Crippen LogP) is 2.67. The van der Waals surface area contributed by atoms with Crippen LogP contribution in [0, 0.1) is 0 Å². The average Bonchev–Trinajstić information content (AvgIpc) is 2.37. The molecule has 0 aliphatic carbocycles. The second kappa shape index (κ2) is 7.17. The third-order valence-corrected chi connectivity index (χ3v) is 2.76. The minimum atomic E-state index is 0.0957. The lowest BCUT2D eigenvalue weighted by Crippen LogP contribution is -2.30. The standard InChI is InChI=1S/C13H18ClNO2/c1-3-15(13(16)8-9-14)10-11-4-6-12(17-2)7-5-11/h4-7H,3,8-10H2,1-2H3. The Hall–Kier alpha value is -1.22. The molecule has 0 unspecified atom stereocenters. The molecule has 4 heteroatoms. The van der Waals surface area contributed by atoms with E-state index in [0.29, 0.717) is 25.4 Å². The summed E-state index contributed by atoms with van der Waals surface area (Å²) in [5.41, 5.74) is 1.09. The van der Waals surface area contributed by atoms with Crippen LogP contribution in [0.3, 0.4) is 0 Å². The molecule has 0 N–H and O–H groups in total. The molecule has 1 aromatic carbocycles. The average molecular weight is 256 g/mol. The molecule has 0 fully saturated rings. The van der Waals surface area contributed by atoms with E-state index < -0.39 is 0 Å². The number of hydrogen-bond acceptors (Lipinski definition) is 2. The Balaban J connectivity index is 2.63. The van der Waals surface area contributed by atoms with Crippen LogP contribution in [0.4, 0.5) is 0 Å². The Labute approximate surface area is 107 Å². The number of methoxy groups -OCH3 is 1. The first kappa shape index (κ1) is 13.8. The molecule has 0 spiro atoms. The number of nitrogens with zero attached hydrogens (tertiary/aromatic N) is 1. The molecule has 0 saturated carbocycles. The van der Waals surface area contributed by atoms with Crippen LogP contribution in [0.25, 0.3) is 0 Å². The highest BCUT2D eigenvalue weighted by Crippen LogP contribution is 2.13. The van der Waals surface area contributed by atoms with Gasteiger partial charge in [0.05, 0.1) is 7.11 Å². The highest BCUT2D eigenvalue weighted by Gasteiger charge is 2.11. The molecular weight excluding hydrogens is 238 g/mol. The molecule has 0 saturated heterocycles. The molecule has 1 aromatic rings. The van der Waals surface area contributed by atoms with Gasteiger partial charge in [0, 0.05) is 25.4 Å². The lowest BCUT2D eigenvalue weighted by Gasteiger charge is -2.20. The van der Waals surface area contributed by atoms with E-state index in [1.165, 1.54) is 0 Å². The zero-order valence-corrected chi connectivity index (χ0v) is 11.0. The van der Waals surface area contributed by atoms with Gasteiger partial charge in [0.15, 0.2) is 0 Å². The molecule has 17 heavy (non-hydrogen) atoms. The van der Waals surface area contributed by atoms with E-state index in [0.717, 1.165) is 11.3 Å². The predicted molar refractivity (Wildman–Crippen MR) is 69.4 cm³/mol. The summed E-state index contributed by atoms with van der Waals surface area (Å²) >= 11 is 5.58. The van der Waals surface area contributed by atoms with E-state index in [-0.39, 0.29) is 5.91 Å². The van der Waals surface area contributed by atoms with Crippen molar-refractivity contribution in [3.8, 4) is 5.75 Å². The number of ether oxygens (including phenoxy) is 1. The SMILES string of the molecule is CCN(Cc1ccc(OC)cc1)C(=O)CCCl. The molecule has 0 atom stereocenters. The van der Waals surface area contributed by atoms with Crippen LogP contribution < -0.4 is 4.74 Å². The normalized spacial score (nSPS) is 10.1. The van der Waals surface area contributed by atoms with Crippen molar-refractivity contribution in [1.29, 1.82) is 0 Å². The quantitative estimate of drug-likeness (QED) is 0.732. The number of alkyl halides is 1. The van der Waals surface area contributed by atoms with Crippen molar-refractivity contribution in [2.45, 2.75) is 19.9 Å². The molecule has 0 aliphatic rings. The van der Waals surface area contributed by atoms with E-state index in [4.69, 9.17) is 16.3 Å². The molecule has 94 valence electrons. The summed E-state index contributed by atoms with van der Waals surface area (Å²) in [5.74, 6) is 1.29. The summed E-state index contributed by atoms with van der Waals surface area (Å²) in [7, 11) is 1.64. The van der Waals surface area contributed by atoms with Crippen LogP contribution in [0.2, 0.25) is 0 Å². The fourth-order valence-corrected chi connectivity index (χ4v) is 1.73. The first-order chi connectivity index (χ1) is 8.21. The maximum Gasteiger partial charge on any atom is 0.224 e. The number of hydrogen-bond donors (Lipinski definition) is 0. The van der Waals surface area contributed by atoms with Gasteiger partial charge in [0.25, 0.3) is 0 Å². The zero-order valence-electron chi connectivity index (χ0n) is 10.3. The first-order valence-electron chi connectivity index (χ1n) is 5.68. The van der Waals surface area contributed by atoms with Crippen LogP contribution >= 0.6 is 11.6 Å². The lowest BCUT2D eigenvalue weighted by atomic mass is 10.2. The first-order valence-corrected chi connectivity index (χ1v) is 6.21. The molecular formula is C13H18ClNO2. The van der Waals surface area contributed by atoms with E-state index >= 15 is 0 Å². The van der Waals surface area contributed by atoms with Gasteiger partial charge in [-0.3, -0.25) is 4.79 Å². The fraction of sp³-hybridized carbons (Fsp3) is 0.462. The van der Waals surface area contributed by atoms with Gasteiger partial charge in [-0.1, -0.05) is 12.1 Å². The number of benzene rings is 1. The van der Waals surface area contributed by atoms with Gasteiger partial charge in [0.1, 0.15) is 5.75 Å². The molecule has 0 heterocycles. The van der Waals surface area contributed by atoms with Gasteiger partial charge in [-0.15, -0.1) is 11.6 Å². The monoisotopic (exact) mass is 255 g/mol.